The maximum absolute atomic E-state index is 13.7. The first-order valence-electron chi connectivity index (χ1n) is 5.03. The molecule has 0 bridgehead atoms. The van der Waals surface area contributed by atoms with Gasteiger partial charge in [-0.3, -0.25) is 14.3 Å². The number of hydrogen-bond acceptors (Lipinski definition) is 5. The van der Waals surface area contributed by atoms with Crippen molar-refractivity contribution >= 4 is 22.6 Å². The van der Waals surface area contributed by atoms with Crippen molar-refractivity contribution in [3.05, 3.63) is 30.6 Å². The number of alkyl halides is 1. The molecule has 0 amide bonds. The van der Waals surface area contributed by atoms with Crippen molar-refractivity contribution in [2.24, 2.45) is 0 Å². The fourth-order valence-electron chi connectivity index (χ4n) is 1.71. The van der Waals surface area contributed by atoms with E-state index in [0.717, 1.165) is 10.8 Å². The molecular formula is C9H9FIN2NaO5. The van der Waals surface area contributed by atoms with Crippen molar-refractivity contribution < 1.29 is 48.9 Å². The van der Waals surface area contributed by atoms with Gasteiger partial charge in [0, 0.05) is 6.20 Å². The molecule has 1 aromatic rings. The molecule has 1 aromatic heterocycles. The Kier molecular flexibility index (Phi) is 6.17. The summed E-state index contributed by atoms with van der Waals surface area (Å²) in [6.07, 6.45) is -5.26. The van der Waals surface area contributed by atoms with Crippen LogP contribution in [0.1, 0.15) is 6.23 Å². The summed E-state index contributed by atoms with van der Waals surface area (Å²) in [4.78, 5) is 24.7. The van der Waals surface area contributed by atoms with Gasteiger partial charge in [0.15, 0.2) is 6.23 Å². The van der Waals surface area contributed by atoms with Crippen LogP contribution in [0.2, 0.25) is 0 Å². The third-order valence-corrected chi connectivity index (χ3v) is 3.41. The molecule has 4 atom stereocenters. The Balaban J connectivity index is 0.00000180. The zero-order valence-electron chi connectivity index (χ0n) is 9.88. The van der Waals surface area contributed by atoms with Gasteiger partial charge >= 0.3 is 35.2 Å². The molecule has 19 heavy (non-hydrogen) atoms. The van der Waals surface area contributed by atoms with Crippen LogP contribution in [-0.4, -0.2) is 39.6 Å². The maximum atomic E-state index is 13.7. The van der Waals surface area contributed by atoms with Crippen LogP contribution in [0.5, 0.6) is 0 Å². The monoisotopic (exact) mass is 394 g/mol. The van der Waals surface area contributed by atoms with Crippen LogP contribution in [0, 0.1) is 3.57 Å². The van der Waals surface area contributed by atoms with E-state index in [1.54, 1.807) is 22.6 Å². The molecular weight excluding hydrogens is 385 g/mol. The standard InChI is InChI=1S/C9H9FIN2O5.Na/c10-5-6(15)4(2-14)18-8(5)13-1-3(11)7(16)12-9(13)17;/h1,4-6,8,14H,2H2,(H,12,16,17);/q-1;+1/t4-,5+,6-,8-;/m1./s1. The van der Waals surface area contributed by atoms with Crippen molar-refractivity contribution in [1.82, 2.24) is 9.55 Å². The zero-order valence-corrected chi connectivity index (χ0v) is 14.0. The minimum absolute atomic E-state index is 0. The molecule has 2 N–H and O–H groups in total. The predicted molar refractivity (Wildman–Crippen MR) is 63.7 cm³/mol. The van der Waals surface area contributed by atoms with Gasteiger partial charge in [-0.2, -0.15) is 0 Å². The Morgan fingerprint density at radius 2 is 2.21 bits per heavy atom. The molecule has 0 unspecified atom stereocenters. The van der Waals surface area contributed by atoms with E-state index in [4.69, 9.17) is 9.84 Å². The van der Waals surface area contributed by atoms with Gasteiger partial charge in [0.25, 0.3) is 5.56 Å². The Labute approximate surface area is 142 Å². The summed E-state index contributed by atoms with van der Waals surface area (Å²) in [5.74, 6) is 0. The fraction of sp³-hybridized carbons (Fsp3) is 0.556. The maximum Gasteiger partial charge on any atom is 1.00 e. The smallest absolute Gasteiger partial charge is 0.848 e. The molecule has 1 aliphatic heterocycles. The topological polar surface area (TPSA) is 107 Å². The number of aromatic amines is 1. The van der Waals surface area contributed by atoms with Crippen LogP contribution in [0.15, 0.2) is 15.8 Å². The second kappa shape index (κ2) is 6.78. The van der Waals surface area contributed by atoms with E-state index in [-0.39, 0.29) is 33.1 Å². The summed E-state index contributed by atoms with van der Waals surface area (Å²) in [5, 5.41) is 20.3. The number of aliphatic hydroxyl groups is 1. The number of ether oxygens (including phenoxy) is 1. The molecule has 2 heterocycles. The summed E-state index contributed by atoms with van der Waals surface area (Å²) in [6, 6.07) is 0. The SMILES string of the molecule is O=c1[nH]c(=O)n([C@@H]2O[C@H](CO)[C@@H]([O-])[C@@H]2F)cc1I.[Na+]. The normalized spacial score (nSPS) is 30.1. The number of H-pyrrole nitrogens is 1. The van der Waals surface area contributed by atoms with Gasteiger partial charge in [-0.15, -0.1) is 0 Å². The van der Waals surface area contributed by atoms with Crippen LogP contribution in [0.25, 0.3) is 0 Å². The molecule has 10 heteroatoms. The third kappa shape index (κ3) is 3.28. The van der Waals surface area contributed by atoms with Crippen molar-refractivity contribution in [2.45, 2.75) is 24.6 Å². The van der Waals surface area contributed by atoms with Gasteiger partial charge in [-0.1, -0.05) is 6.10 Å². The molecule has 0 saturated carbocycles. The molecule has 7 nitrogen and oxygen atoms in total. The predicted octanol–water partition coefficient (Wildman–Crippen LogP) is -4.90. The Bertz CT molecular complexity index is 564. The van der Waals surface area contributed by atoms with Gasteiger partial charge in [0.2, 0.25) is 0 Å². The first-order valence-corrected chi connectivity index (χ1v) is 6.10. The average molecular weight is 394 g/mol. The molecule has 1 fully saturated rings. The van der Waals surface area contributed by atoms with E-state index >= 15 is 0 Å². The van der Waals surface area contributed by atoms with Crippen molar-refractivity contribution in [3.8, 4) is 0 Å². The van der Waals surface area contributed by atoms with Gasteiger partial charge in [-0.25, -0.2) is 9.18 Å². The average Bonchev–Trinajstić information content (AvgIpc) is 2.61. The van der Waals surface area contributed by atoms with E-state index in [1.807, 2.05) is 4.98 Å². The molecule has 0 spiro atoms. The van der Waals surface area contributed by atoms with Crippen LogP contribution >= 0.6 is 22.6 Å². The van der Waals surface area contributed by atoms with E-state index in [9.17, 15) is 19.1 Å². The van der Waals surface area contributed by atoms with Crippen LogP contribution in [-0.2, 0) is 4.74 Å². The number of nitrogens with zero attached hydrogens (tertiary/aromatic N) is 1. The Morgan fingerprint density at radius 1 is 1.58 bits per heavy atom. The number of aromatic nitrogens is 2. The fourth-order valence-corrected chi connectivity index (χ4v) is 2.15. The second-order valence-corrected chi connectivity index (χ2v) is 4.96. The third-order valence-electron chi connectivity index (χ3n) is 2.65. The number of rotatable bonds is 2. The van der Waals surface area contributed by atoms with Gasteiger partial charge in [0.05, 0.1) is 16.3 Å². The molecule has 2 rings (SSSR count). The van der Waals surface area contributed by atoms with E-state index < -0.39 is 42.5 Å². The first kappa shape index (κ1) is 17.3. The van der Waals surface area contributed by atoms with Crippen molar-refractivity contribution in [2.75, 3.05) is 6.61 Å². The van der Waals surface area contributed by atoms with Crippen molar-refractivity contribution in [3.63, 3.8) is 0 Å². The first-order chi connectivity index (χ1) is 8.45. The van der Waals surface area contributed by atoms with Gasteiger partial charge in [0.1, 0.15) is 6.17 Å². The van der Waals surface area contributed by atoms with Crippen LogP contribution in [0.3, 0.4) is 0 Å². The van der Waals surface area contributed by atoms with E-state index in [1.165, 1.54) is 0 Å². The van der Waals surface area contributed by atoms with E-state index in [2.05, 4.69) is 0 Å². The zero-order chi connectivity index (χ0) is 13.4. The summed E-state index contributed by atoms with van der Waals surface area (Å²) >= 11 is 1.67. The number of aliphatic hydroxyl groups excluding tert-OH is 1. The van der Waals surface area contributed by atoms with Gasteiger partial charge in [-0.05, 0) is 22.6 Å². The Morgan fingerprint density at radius 3 is 2.74 bits per heavy atom. The molecule has 100 valence electrons. The Hall–Kier alpha value is 0.220. The summed E-state index contributed by atoms with van der Waals surface area (Å²) < 4.78 is 19.7. The summed E-state index contributed by atoms with van der Waals surface area (Å²) in [5.41, 5.74) is -1.46. The minimum atomic E-state index is -1.97. The molecule has 0 radical (unpaired) electrons. The minimum Gasteiger partial charge on any atom is -0.848 e. The summed E-state index contributed by atoms with van der Waals surface area (Å²) in [6.45, 7) is -0.625. The molecule has 1 aliphatic rings. The molecule has 0 aliphatic carbocycles. The van der Waals surface area contributed by atoms with E-state index in [0.29, 0.717) is 0 Å². The molecule has 0 aromatic carbocycles. The largest absolute Gasteiger partial charge is 1.00 e. The van der Waals surface area contributed by atoms with Crippen molar-refractivity contribution in [1.29, 1.82) is 0 Å². The van der Waals surface area contributed by atoms with Crippen LogP contribution in [0.4, 0.5) is 4.39 Å². The second-order valence-electron chi connectivity index (χ2n) is 3.80. The number of halogens is 2. The number of hydrogen-bond donors (Lipinski definition) is 2. The van der Waals surface area contributed by atoms with Crippen LogP contribution < -0.4 is 45.9 Å². The van der Waals surface area contributed by atoms with Gasteiger partial charge < -0.3 is 14.9 Å². The summed E-state index contributed by atoms with van der Waals surface area (Å²) in [7, 11) is 0. The number of nitrogens with one attached hydrogen (secondary N) is 1. The quantitative estimate of drug-likeness (QED) is 0.387. The molecule has 1 saturated heterocycles.